The molecule has 0 saturated heterocycles. The Balaban J connectivity index is 3.02. The largest absolute Gasteiger partial charge is 0.460 e. The van der Waals surface area contributed by atoms with Gasteiger partial charge in [-0.3, -0.25) is 0 Å². The number of hydrogen-bond donors (Lipinski definition) is 0. The zero-order valence-corrected chi connectivity index (χ0v) is 6.01. The molecule has 0 aliphatic carbocycles. The van der Waals surface area contributed by atoms with Crippen LogP contribution in [0.1, 0.15) is 5.01 Å². The minimum Gasteiger partial charge on any atom is -0.188 e. The van der Waals surface area contributed by atoms with Gasteiger partial charge in [0.2, 0.25) is 0 Å². The molecule has 0 fully saturated rings. The smallest absolute Gasteiger partial charge is 0.188 e. The lowest BCUT2D eigenvalue weighted by molar-refractivity contribution is -0.289. The number of nitrogens with zero attached hydrogens (tertiary/aromatic N) is 2. The Labute approximate surface area is 67.0 Å². The van der Waals surface area contributed by atoms with Gasteiger partial charge in [0.1, 0.15) is 0 Å². The second-order valence-electron chi connectivity index (χ2n) is 1.77. The Morgan fingerprint density at radius 2 is 1.75 bits per heavy atom. The van der Waals surface area contributed by atoms with Gasteiger partial charge in [-0.2, -0.15) is 22.0 Å². The van der Waals surface area contributed by atoms with E-state index in [9.17, 15) is 22.0 Å². The molecule has 1 aromatic heterocycles. The first kappa shape index (κ1) is 9.30. The van der Waals surface area contributed by atoms with Crippen molar-refractivity contribution in [3.63, 3.8) is 0 Å². The highest BCUT2D eigenvalue weighted by atomic mass is 32.1. The molecule has 1 heterocycles. The second-order valence-corrected chi connectivity index (χ2v) is 2.54. The van der Waals surface area contributed by atoms with Crippen molar-refractivity contribution in [2.45, 2.75) is 12.1 Å². The number of aromatic nitrogens is 2. The average Bonchev–Trinajstić information content (AvgIpc) is 2.34. The van der Waals surface area contributed by atoms with E-state index < -0.39 is 17.1 Å². The van der Waals surface area contributed by atoms with Gasteiger partial charge >= 0.3 is 12.1 Å². The monoisotopic (exact) mass is 203 g/mol. The average molecular weight is 203 g/mol. The van der Waals surface area contributed by atoms with Gasteiger partial charge < -0.3 is 0 Å². The van der Waals surface area contributed by atoms with Crippen molar-refractivity contribution in [1.82, 2.24) is 10.2 Å². The molecule has 0 aliphatic heterocycles. The summed E-state index contributed by atoms with van der Waals surface area (Å²) in [7, 11) is 0. The van der Waals surface area contributed by atoms with Crippen LogP contribution in [-0.2, 0) is 5.92 Å². The summed E-state index contributed by atoms with van der Waals surface area (Å²) in [6.07, 6.45) is -5.62. The fourth-order valence-electron chi connectivity index (χ4n) is 0.398. The van der Waals surface area contributed by atoms with Gasteiger partial charge in [0.25, 0.3) is 0 Å². The minimum absolute atomic E-state index is 0.0395. The van der Waals surface area contributed by atoms with Gasteiger partial charge in [-0.05, 0) is 0 Å². The van der Waals surface area contributed by atoms with E-state index in [2.05, 4.69) is 10.2 Å². The topological polar surface area (TPSA) is 25.8 Å². The van der Waals surface area contributed by atoms with Crippen molar-refractivity contribution in [3.05, 3.63) is 10.5 Å². The quantitative estimate of drug-likeness (QED) is 0.652. The lowest BCUT2D eigenvalue weighted by Gasteiger charge is -2.15. The van der Waals surface area contributed by atoms with Crippen molar-refractivity contribution in [3.8, 4) is 0 Å². The van der Waals surface area contributed by atoms with Crippen LogP contribution in [0.25, 0.3) is 0 Å². The van der Waals surface area contributed by atoms with Gasteiger partial charge in [-0.25, -0.2) is 0 Å². The molecule has 0 aliphatic rings. The predicted molar refractivity (Wildman–Crippen MR) is 28.7 cm³/mol. The molecule has 0 aromatic carbocycles. The van der Waals surface area contributed by atoms with Crippen LogP contribution in [0.4, 0.5) is 22.0 Å². The molecule has 0 saturated carbocycles. The highest BCUT2D eigenvalue weighted by molar-refractivity contribution is 7.08. The van der Waals surface area contributed by atoms with E-state index in [4.69, 9.17) is 0 Å². The number of halogens is 5. The number of alkyl halides is 5. The molecule has 0 N–H and O–H groups in total. The molecule has 0 spiro atoms. The third-order valence-corrected chi connectivity index (χ3v) is 1.65. The van der Waals surface area contributed by atoms with E-state index in [0.29, 0.717) is 0 Å². The van der Waals surface area contributed by atoms with E-state index in [1.54, 1.807) is 0 Å². The summed E-state index contributed by atoms with van der Waals surface area (Å²) < 4.78 is 59.2. The van der Waals surface area contributed by atoms with Gasteiger partial charge in [0.05, 0.1) is 0 Å². The Hall–Kier alpha value is -0.790. The molecule has 0 unspecified atom stereocenters. The van der Waals surface area contributed by atoms with Gasteiger partial charge in [0.15, 0.2) is 10.5 Å². The SMILES string of the molecule is FC(F)(F)C(F)(F)c1nn[c]s1. The molecule has 12 heavy (non-hydrogen) atoms. The van der Waals surface area contributed by atoms with E-state index in [1.165, 1.54) is 0 Å². The molecule has 8 heteroatoms. The predicted octanol–water partition coefficient (Wildman–Crippen LogP) is 1.99. The van der Waals surface area contributed by atoms with E-state index in [-0.39, 0.29) is 11.3 Å². The Morgan fingerprint density at radius 1 is 1.17 bits per heavy atom. The molecule has 0 atom stereocenters. The molecular formula is C4F5N2S. The molecule has 0 bridgehead atoms. The Morgan fingerprint density at radius 3 is 2.08 bits per heavy atom. The maximum Gasteiger partial charge on any atom is 0.460 e. The molecule has 67 valence electrons. The third kappa shape index (κ3) is 1.38. The normalized spacial score (nSPS) is 13.4. The summed E-state index contributed by atoms with van der Waals surface area (Å²) in [5, 5.41) is 3.97. The first-order valence-corrected chi connectivity index (χ1v) is 3.32. The Kier molecular flexibility index (Phi) is 2.02. The zero-order chi connectivity index (χ0) is 9.41. The molecule has 1 rings (SSSR count). The van der Waals surface area contributed by atoms with Crippen LogP contribution in [0.5, 0.6) is 0 Å². The molecule has 1 aromatic rings. The van der Waals surface area contributed by atoms with Crippen molar-refractivity contribution in [1.29, 1.82) is 0 Å². The van der Waals surface area contributed by atoms with Crippen LogP contribution < -0.4 is 0 Å². The van der Waals surface area contributed by atoms with Crippen LogP contribution >= 0.6 is 11.3 Å². The highest BCUT2D eigenvalue weighted by Crippen LogP contribution is 2.43. The fourth-order valence-corrected chi connectivity index (χ4v) is 0.892. The zero-order valence-electron chi connectivity index (χ0n) is 5.19. The summed E-state index contributed by atoms with van der Waals surface area (Å²) in [6.45, 7) is 0. The first-order chi connectivity index (χ1) is 5.36. The second kappa shape index (κ2) is 2.61. The van der Waals surface area contributed by atoms with Crippen molar-refractivity contribution < 1.29 is 22.0 Å². The summed E-state index contributed by atoms with van der Waals surface area (Å²) in [6, 6.07) is 0. The van der Waals surface area contributed by atoms with Gasteiger partial charge in [-0.15, -0.1) is 10.2 Å². The fraction of sp³-hybridized carbons (Fsp3) is 0.500. The summed E-state index contributed by atoms with van der Waals surface area (Å²) in [4.78, 5) is 0. The maximum atomic E-state index is 12.3. The van der Waals surface area contributed by atoms with Gasteiger partial charge in [-0.1, -0.05) is 11.3 Å². The minimum atomic E-state index is -5.62. The number of hydrogen-bond acceptors (Lipinski definition) is 3. The summed E-state index contributed by atoms with van der Waals surface area (Å²) in [5.74, 6) is -4.93. The lowest BCUT2D eigenvalue weighted by atomic mass is 10.3. The van der Waals surface area contributed by atoms with Crippen LogP contribution in [0.15, 0.2) is 0 Å². The Bertz CT molecular complexity index is 253. The number of rotatable bonds is 1. The molecule has 0 amide bonds. The standard InChI is InChI=1S/C4F5N2S/c5-3(6,4(7,8)9)2-11-10-1-12-2. The van der Waals surface area contributed by atoms with Crippen LogP contribution in [0.3, 0.4) is 0 Å². The summed E-state index contributed by atoms with van der Waals surface area (Å²) in [5.41, 5.74) is 1.81. The van der Waals surface area contributed by atoms with Crippen molar-refractivity contribution in [2.75, 3.05) is 0 Å². The highest BCUT2D eigenvalue weighted by Gasteiger charge is 2.61. The van der Waals surface area contributed by atoms with Crippen molar-refractivity contribution >= 4 is 11.3 Å². The lowest BCUT2D eigenvalue weighted by Crippen LogP contribution is -2.33. The van der Waals surface area contributed by atoms with Crippen LogP contribution in [-0.4, -0.2) is 16.4 Å². The van der Waals surface area contributed by atoms with E-state index in [0.717, 1.165) is 0 Å². The first-order valence-electron chi connectivity index (χ1n) is 2.50. The van der Waals surface area contributed by atoms with Gasteiger partial charge in [0, 0.05) is 0 Å². The maximum absolute atomic E-state index is 12.3. The molecular weight excluding hydrogens is 203 g/mol. The summed E-state index contributed by atoms with van der Waals surface area (Å²) >= 11 is 0.0395. The third-order valence-electron chi connectivity index (χ3n) is 0.949. The van der Waals surface area contributed by atoms with Crippen LogP contribution in [0.2, 0.25) is 0 Å². The van der Waals surface area contributed by atoms with E-state index >= 15 is 0 Å². The van der Waals surface area contributed by atoms with Crippen molar-refractivity contribution in [2.24, 2.45) is 0 Å². The van der Waals surface area contributed by atoms with E-state index in [1.807, 2.05) is 5.51 Å². The molecule has 1 radical (unpaired) electrons. The van der Waals surface area contributed by atoms with Crippen LogP contribution in [0, 0.1) is 5.51 Å². The molecule has 2 nitrogen and oxygen atoms in total.